The van der Waals surface area contributed by atoms with Gasteiger partial charge in [-0.2, -0.15) is 0 Å². The van der Waals surface area contributed by atoms with Crippen molar-refractivity contribution in [2.24, 2.45) is 5.73 Å². The number of rotatable bonds is 7. The summed E-state index contributed by atoms with van der Waals surface area (Å²) in [4.78, 5) is 23.5. The number of hydrogen-bond acceptors (Lipinski definition) is 5. The fraction of sp³-hybridized carbons (Fsp3) is 0.200. The quantitative estimate of drug-likeness (QED) is 0.457. The minimum absolute atomic E-state index is 0.0693. The predicted octanol–water partition coefficient (Wildman–Crippen LogP) is 2.72. The normalized spacial score (nSPS) is 14.2. The highest BCUT2D eigenvalue weighted by Crippen LogP contribution is 2.44. The fourth-order valence-electron chi connectivity index (χ4n) is 4.05. The molecular weight excluding hydrogens is 408 g/mol. The molecule has 0 saturated carbocycles. The number of aliphatic hydroxyl groups is 2. The van der Waals surface area contributed by atoms with Crippen molar-refractivity contribution in [2.45, 2.75) is 18.1 Å². The molecule has 2 amide bonds. The maximum Gasteiger partial charge on any atom is 0.407 e. The van der Waals surface area contributed by atoms with Gasteiger partial charge >= 0.3 is 6.09 Å². The minimum Gasteiger partial charge on any atom is -0.449 e. The molecule has 2 atom stereocenters. The molecule has 1 aliphatic rings. The van der Waals surface area contributed by atoms with Crippen LogP contribution >= 0.6 is 0 Å². The van der Waals surface area contributed by atoms with Crippen molar-refractivity contribution < 1.29 is 24.5 Å². The zero-order valence-electron chi connectivity index (χ0n) is 17.3. The number of alkyl carbamates (subject to hydrolysis) is 1. The second-order valence-corrected chi connectivity index (χ2v) is 7.71. The van der Waals surface area contributed by atoms with Crippen molar-refractivity contribution in [3.05, 3.63) is 95.1 Å². The number of amides is 2. The topological polar surface area (TPSA) is 122 Å². The van der Waals surface area contributed by atoms with Crippen molar-refractivity contribution in [3.8, 4) is 11.1 Å². The molecular formula is C25H24N2O5. The Morgan fingerprint density at radius 1 is 0.938 bits per heavy atom. The summed E-state index contributed by atoms with van der Waals surface area (Å²) in [7, 11) is 0. The first kappa shape index (κ1) is 21.5. The van der Waals surface area contributed by atoms with Gasteiger partial charge in [0.25, 0.3) is 0 Å². The van der Waals surface area contributed by atoms with Gasteiger partial charge in [0, 0.05) is 18.0 Å². The summed E-state index contributed by atoms with van der Waals surface area (Å²) in [6.07, 6.45) is -3.29. The zero-order chi connectivity index (χ0) is 22.7. The molecule has 0 heterocycles. The van der Waals surface area contributed by atoms with E-state index in [9.17, 15) is 19.8 Å². The molecule has 0 fully saturated rings. The van der Waals surface area contributed by atoms with Gasteiger partial charge in [0.2, 0.25) is 5.91 Å². The zero-order valence-corrected chi connectivity index (χ0v) is 17.3. The maximum atomic E-state index is 12.2. The molecule has 0 radical (unpaired) electrons. The Labute approximate surface area is 185 Å². The van der Waals surface area contributed by atoms with Gasteiger partial charge in [-0.05, 0) is 39.9 Å². The first-order valence-electron chi connectivity index (χ1n) is 10.3. The number of nitrogens with two attached hydrogens (primary N) is 1. The van der Waals surface area contributed by atoms with Gasteiger partial charge in [0.1, 0.15) is 18.8 Å². The number of carbonyl (C=O) groups is 2. The van der Waals surface area contributed by atoms with E-state index in [4.69, 9.17) is 10.5 Å². The summed E-state index contributed by atoms with van der Waals surface area (Å²) in [6.45, 7) is -0.0716. The molecule has 7 heteroatoms. The average molecular weight is 432 g/mol. The lowest BCUT2D eigenvalue weighted by molar-refractivity contribution is 0.0185. The standard InChI is InChI=1S/C25H24N2O5/c26-24(30)16-7-5-6-15(12-16)23(29)22(28)13-27-25(31)32-14-21-19-10-3-1-8-17(19)18-9-2-4-11-20(18)21/h1-12,21-23,28-29H,13-14H2,(H2,26,30)(H,27,31). The van der Waals surface area contributed by atoms with Crippen LogP contribution in [0.5, 0.6) is 0 Å². The predicted molar refractivity (Wildman–Crippen MR) is 119 cm³/mol. The molecule has 5 N–H and O–H groups in total. The van der Waals surface area contributed by atoms with E-state index < -0.39 is 24.2 Å². The summed E-state index contributed by atoms with van der Waals surface area (Å²) in [6, 6.07) is 22.1. The number of benzene rings is 3. The number of carbonyl (C=O) groups excluding carboxylic acids is 2. The summed E-state index contributed by atoms with van der Waals surface area (Å²) >= 11 is 0. The largest absolute Gasteiger partial charge is 0.449 e. The van der Waals surface area contributed by atoms with Gasteiger partial charge < -0.3 is 26.0 Å². The van der Waals surface area contributed by atoms with Crippen LogP contribution in [-0.2, 0) is 4.74 Å². The third kappa shape index (κ3) is 4.34. The van der Waals surface area contributed by atoms with E-state index in [0.29, 0.717) is 5.56 Å². The Balaban J connectivity index is 1.34. The molecule has 0 aromatic heterocycles. The molecule has 0 bridgehead atoms. The highest BCUT2D eigenvalue weighted by atomic mass is 16.5. The molecule has 7 nitrogen and oxygen atoms in total. The van der Waals surface area contributed by atoms with Crippen LogP contribution in [0.3, 0.4) is 0 Å². The van der Waals surface area contributed by atoms with Crippen molar-refractivity contribution >= 4 is 12.0 Å². The fourth-order valence-corrected chi connectivity index (χ4v) is 4.05. The van der Waals surface area contributed by atoms with Crippen molar-refractivity contribution in [1.29, 1.82) is 0 Å². The molecule has 0 spiro atoms. The Bertz CT molecular complexity index is 1100. The van der Waals surface area contributed by atoms with Gasteiger partial charge in [-0.25, -0.2) is 4.79 Å². The first-order valence-corrected chi connectivity index (χ1v) is 10.3. The van der Waals surface area contributed by atoms with E-state index in [1.54, 1.807) is 12.1 Å². The summed E-state index contributed by atoms with van der Waals surface area (Å²) in [5, 5.41) is 23.1. The van der Waals surface area contributed by atoms with Crippen molar-refractivity contribution in [3.63, 3.8) is 0 Å². The maximum absolute atomic E-state index is 12.2. The summed E-state index contributed by atoms with van der Waals surface area (Å²) < 4.78 is 5.42. The van der Waals surface area contributed by atoms with Crippen molar-refractivity contribution in [1.82, 2.24) is 5.32 Å². The van der Waals surface area contributed by atoms with Gasteiger partial charge in [-0.3, -0.25) is 4.79 Å². The second kappa shape index (κ2) is 9.21. The number of aliphatic hydroxyl groups excluding tert-OH is 2. The van der Waals surface area contributed by atoms with Crippen LogP contribution in [0.2, 0.25) is 0 Å². The lowest BCUT2D eigenvalue weighted by atomic mass is 9.98. The summed E-state index contributed by atoms with van der Waals surface area (Å²) in [5.41, 5.74) is 10.3. The Kier molecular flexibility index (Phi) is 6.20. The minimum atomic E-state index is -1.30. The lowest BCUT2D eigenvalue weighted by Gasteiger charge is -2.19. The van der Waals surface area contributed by atoms with Crippen LogP contribution in [0.25, 0.3) is 11.1 Å². The molecule has 164 valence electrons. The molecule has 0 aliphatic heterocycles. The Morgan fingerprint density at radius 2 is 1.56 bits per heavy atom. The Hall–Kier alpha value is -3.68. The van der Waals surface area contributed by atoms with E-state index in [1.165, 1.54) is 12.1 Å². The number of ether oxygens (including phenoxy) is 1. The first-order chi connectivity index (χ1) is 15.5. The third-order valence-electron chi connectivity index (χ3n) is 5.68. The lowest BCUT2D eigenvalue weighted by Crippen LogP contribution is -2.36. The highest BCUT2D eigenvalue weighted by molar-refractivity contribution is 5.92. The molecule has 4 rings (SSSR count). The number of nitrogens with one attached hydrogen (secondary N) is 1. The molecule has 32 heavy (non-hydrogen) atoms. The van der Waals surface area contributed by atoms with Crippen LogP contribution < -0.4 is 11.1 Å². The van der Waals surface area contributed by atoms with Gasteiger partial charge in [-0.15, -0.1) is 0 Å². The smallest absolute Gasteiger partial charge is 0.407 e. The second-order valence-electron chi connectivity index (χ2n) is 7.71. The Morgan fingerprint density at radius 3 is 2.19 bits per heavy atom. The van der Waals surface area contributed by atoms with Crippen LogP contribution in [0.1, 0.15) is 39.1 Å². The number of fused-ring (bicyclic) bond motifs is 3. The number of primary amides is 1. The number of hydrogen-bond donors (Lipinski definition) is 4. The van der Waals surface area contributed by atoms with E-state index >= 15 is 0 Å². The SMILES string of the molecule is NC(=O)c1cccc(C(O)C(O)CNC(=O)OCC2c3ccccc3-c3ccccc32)c1. The van der Waals surface area contributed by atoms with E-state index in [-0.39, 0.29) is 24.6 Å². The molecule has 0 saturated heterocycles. The third-order valence-corrected chi connectivity index (χ3v) is 5.68. The van der Waals surface area contributed by atoms with Crippen LogP contribution in [0, 0.1) is 0 Å². The summed E-state index contributed by atoms with van der Waals surface area (Å²) in [5.74, 6) is -0.703. The van der Waals surface area contributed by atoms with Crippen LogP contribution in [0.4, 0.5) is 4.79 Å². The molecule has 3 aromatic rings. The monoisotopic (exact) mass is 432 g/mol. The molecule has 3 aromatic carbocycles. The van der Waals surface area contributed by atoms with Gasteiger partial charge in [-0.1, -0.05) is 60.7 Å². The van der Waals surface area contributed by atoms with Crippen LogP contribution in [0.15, 0.2) is 72.8 Å². The highest BCUT2D eigenvalue weighted by Gasteiger charge is 2.29. The van der Waals surface area contributed by atoms with E-state index in [0.717, 1.165) is 22.3 Å². The van der Waals surface area contributed by atoms with Gasteiger partial charge in [0.05, 0.1) is 0 Å². The average Bonchev–Trinajstić information content (AvgIpc) is 3.14. The molecule has 1 aliphatic carbocycles. The van der Waals surface area contributed by atoms with E-state index in [2.05, 4.69) is 17.4 Å². The van der Waals surface area contributed by atoms with Crippen LogP contribution in [-0.4, -0.2) is 41.5 Å². The van der Waals surface area contributed by atoms with Gasteiger partial charge in [0.15, 0.2) is 0 Å². The van der Waals surface area contributed by atoms with E-state index in [1.807, 2.05) is 36.4 Å². The van der Waals surface area contributed by atoms with Crippen molar-refractivity contribution in [2.75, 3.05) is 13.2 Å². The molecule has 2 unspecified atom stereocenters.